The first kappa shape index (κ1) is 29.2. The Morgan fingerprint density at radius 2 is 1.76 bits per heavy atom. The van der Waals surface area contributed by atoms with E-state index in [9.17, 15) is 19.5 Å². The predicted molar refractivity (Wildman–Crippen MR) is 148 cm³/mol. The van der Waals surface area contributed by atoms with Crippen LogP contribution in [0.4, 0.5) is 0 Å². The molecule has 1 aliphatic heterocycles. The molecule has 0 aliphatic carbocycles. The number of benzene rings is 1. The number of esters is 1. The van der Waals surface area contributed by atoms with E-state index in [1.165, 1.54) is 26.2 Å². The lowest BCUT2D eigenvalue weighted by atomic mass is 9.93. The minimum Gasteiger partial charge on any atom is -0.507 e. The van der Waals surface area contributed by atoms with E-state index < -0.39 is 29.5 Å². The summed E-state index contributed by atoms with van der Waals surface area (Å²) >= 11 is 0. The molecule has 218 valence electrons. The smallest absolute Gasteiger partial charge is 0.355 e. The number of hydrogen-bond donors (Lipinski definition) is 2. The minimum absolute atomic E-state index is 0.118. The number of imidazole rings is 1. The molecule has 3 heterocycles. The van der Waals surface area contributed by atoms with Gasteiger partial charge in [-0.25, -0.2) is 9.78 Å². The SMILES string of the molecule is CCOC(=O)c1[nH]c(C)c(C(O)=C2C(=O)C(=O)N(CCCn3ccnc3)[C@@H]2c2cc(OC)c(OC)c(OC)c2)c1C. The number of nitrogens with zero attached hydrogens (tertiary/aromatic N) is 3. The van der Waals surface area contributed by atoms with Crippen molar-refractivity contribution in [3.63, 3.8) is 0 Å². The number of aliphatic hydroxyl groups is 1. The van der Waals surface area contributed by atoms with Crippen molar-refractivity contribution in [1.29, 1.82) is 0 Å². The average molecular weight is 567 g/mol. The van der Waals surface area contributed by atoms with Gasteiger partial charge < -0.3 is 38.5 Å². The van der Waals surface area contributed by atoms with Crippen LogP contribution in [-0.2, 0) is 20.9 Å². The maximum absolute atomic E-state index is 13.6. The number of aryl methyl sites for hydroxylation is 2. The summed E-state index contributed by atoms with van der Waals surface area (Å²) in [6, 6.07) is 2.32. The lowest BCUT2D eigenvalue weighted by Gasteiger charge is -2.26. The molecule has 41 heavy (non-hydrogen) atoms. The monoisotopic (exact) mass is 566 g/mol. The predicted octanol–water partition coefficient (Wildman–Crippen LogP) is 3.54. The number of aromatic nitrogens is 3. The van der Waals surface area contributed by atoms with E-state index in [-0.39, 0.29) is 30.0 Å². The van der Waals surface area contributed by atoms with Crippen LogP contribution in [0.25, 0.3) is 5.76 Å². The standard InChI is InChI=1S/C29H34N4O8/c1-7-41-29(37)23-16(2)21(17(3)31-23)25(34)22-24(18-13-19(38-4)27(40-6)20(14-18)39-5)33(28(36)26(22)35)11-8-10-32-12-9-30-15-32/h9,12-15,24,31,34H,7-8,10-11H2,1-6H3/t24-/m1/s1. The Labute approximate surface area is 237 Å². The number of hydrogen-bond acceptors (Lipinski definition) is 9. The molecule has 0 bridgehead atoms. The fourth-order valence-corrected chi connectivity index (χ4v) is 5.21. The average Bonchev–Trinajstić information content (AvgIpc) is 3.65. The summed E-state index contributed by atoms with van der Waals surface area (Å²) < 4.78 is 23.5. The van der Waals surface area contributed by atoms with Crippen LogP contribution in [0.2, 0.25) is 0 Å². The van der Waals surface area contributed by atoms with Crippen molar-refractivity contribution in [3.8, 4) is 17.2 Å². The molecule has 3 aromatic rings. The van der Waals surface area contributed by atoms with Crippen LogP contribution in [0.5, 0.6) is 17.2 Å². The lowest BCUT2D eigenvalue weighted by molar-refractivity contribution is -0.139. The fraction of sp³-hybridized carbons (Fsp3) is 0.379. The largest absolute Gasteiger partial charge is 0.507 e. The zero-order chi connectivity index (χ0) is 29.8. The van der Waals surface area contributed by atoms with Gasteiger partial charge in [0.05, 0.1) is 45.9 Å². The summed E-state index contributed by atoms with van der Waals surface area (Å²) in [6.45, 7) is 5.93. The number of carbonyl (C=O) groups is 3. The number of aliphatic hydroxyl groups excluding tert-OH is 1. The minimum atomic E-state index is -0.980. The maximum atomic E-state index is 13.6. The van der Waals surface area contributed by atoms with Crippen LogP contribution in [-0.4, -0.2) is 76.7 Å². The number of ether oxygens (including phenoxy) is 4. The first-order valence-electron chi connectivity index (χ1n) is 13.1. The van der Waals surface area contributed by atoms with Crippen LogP contribution in [0.1, 0.15) is 52.3 Å². The number of amides is 1. The van der Waals surface area contributed by atoms with Gasteiger partial charge in [-0.05, 0) is 50.5 Å². The second kappa shape index (κ2) is 12.2. The van der Waals surface area contributed by atoms with Crippen molar-refractivity contribution in [3.05, 3.63) is 64.5 Å². The van der Waals surface area contributed by atoms with Crippen molar-refractivity contribution >= 4 is 23.4 Å². The number of carbonyl (C=O) groups excluding carboxylic acids is 3. The van der Waals surface area contributed by atoms with Gasteiger partial charge in [0.2, 0.25) is 5.75 Å². The Bertz CT molecular complexity index is 1460. The van der Waals surface area contributed by atoms with E-state index in [0.717, 1.165) is 0 Å². The van der Waals surface area contributed by atoms with Gasteiger partial charge >= 0.3 is 5.97 Å². The lowest BCUT2D eigenvalue weighted by Crippen LogP contribution is -2.31. The Morgan fingerprint density at radius 3 is 2.32 bits per heavy atom. The van der Waals surface area contributed by atoms with Crippen LogP contribution in [0, 0.1) is 13.8 Å². The molecule has 0 radical (unpaired) electrons. The van der Waals surface area contributed by atoms with Crippen molar-refractivity contribution in [2.24, 2.45) is 0 Å². The van der Waals surface area contributed by atoms with E-state index in [1.807, 2.05) is 10.8 Å². The number of likely N-dealkylation sites (tertiary alicyclic amines) is 1. The van der Waals surface area contributed by atoms with Gasteiger partial charge in [-0.2, -0.15) is 0 Å². The highest BCUT2D eigenvalue weighted by atomic mass is 16.5. The van der Waals surface area contributed by atoms with Crippen LogP contribution < -0.4 is 14.2 Å². The molecule has 4 rings (SSSR count). The highest BCUT2D eigenvalue weighted by molar-refractivity contribution is 6.46. The maximum Gasteiger partial charge on any atom is 0.355 e. The molecule has 0 unspecified atom stereocenters. The topological polar surface area (TPSA) is 145 Å². The number of rotatable bonds is 11. The molecule has 2 aromatic heterocycles. The van der Waals surface area contributed by atoms with Gasteiger partial charge in [0.1, 0.15) is 11.5 Å². The number of ketones is 1. The van der Waals surface area contributed by atoms with Crippen molar-refractivity contribution in [1.82, 2.24) is 19.4 Å². The Kier molecular flexibility index (Phi) is 8.70. The summed E-state index contributed by atoms with van der Waals surface area (Å²) in [5.74, 6) is -1.61. The van der Waals surface area contributed by atoms with Gasteiger partial charge in [0.25, 0.3) is 11.7 Å². The Morgan fingerprint density at radius 1 is 1.07 bits per heavy atom. The molecule has 1 aliphatic rings. The fourth-order valence-electron chi connectivity index (χ4n) is 5.21. The highest BCUT2D eigenvalue weighted by Gasteiger charge is 2.47. The molecule has 2 N–H and O–H groups in total. The molecule has 0 saturated carbocycles. The van der Waals surface area contributed by atoms with Crippen molar-refractivity contribution < 1.29 is 38.4 Å². The zero-order valence-electron chi connectivity index (χ0n) is 23.9. The normalized spacial score (nSPS) is 16.2. The number of H-pyrrole nitrogens is 1. The van der Waals surface area contributed by atoms with Crippen LogP contribution in [0.15, 0.2) is 36.4 Å². The third kappa shape index (κ3) is 5.37. The molecule has 1 aromatic carbocycles. The second-order valence-corrected chi connectivity index (χ2v) is 9.45. The highest BCUT2D eigenvalue weighted by Crippen LogP contribution is 2.46. The molecule has 1 saturated heterocycles. The second-order valence-electron chi connectivity index (χ2n) is 9.45. The molecule has 1 amide bonds. The van der Waals surface area contributed by atoms with Gasteiger partial charge in [0, 0.05) is 36.7 Å². The van der Waals surface area contributed by atoms with E-state index in [2.05, 4.69) is 9.97 Å². The third-order valence-corrected chi connectivity index (χ3v) is 7.07. The van der Waals surface area contributed by atoms with Crippen molar-refractivity contribution in [2.75, 3.05) is 34.5 Å². The summed E-state index contributed by atoms with van der Waals surface area (Å²) in [7, 11) is 4.40. The van der Waals surface area contributed by atoms with Crippen molar-refractivity contribution in [2.45, 2.75) is 39.8 Å². The molecule has 0 spiro atoms. The quantitative estimate of drug-likeness (QED) is 0.154. The molecule has 12 heteroatoms. The Hall–Kier alpha value is -4.74. The summed E-state index contributed by atoms with van der Waals surface area (Å²) in [6.07, 6.45) is 5.65. The number of methoxy groups -OCH3 is 3. The summed E-state index contributed by atoms with van der Waals surface area (Å²) in [4.78, 5) is 48.0. The van der Waals surface area contributed by atoms with Gasteiger partial charge in [-0.1, -0.05) is 0 Å². The number of nitrogens with one attached hydrogen (secondary N) is 1. The Balaban J connectivity index is 1.89. The van der Waals surface area contributed by atoms with E-state index in [4.69, 9.17) is 18.9 Å². The molecule has 1 atom stereocenters. The zero-order valence-corrected chi connectivity index (χ0v) is 23.9. The first-order valence-corrected chi connectivity index (χ1v) is 13.1. The first-order chi connectivity index (χ1) is 19.7. The number of Topliss-reactive ketones (excluding diaryl/α,β-unsaturated/α-hetero) is 1. The molecular formula is C29H34N4O8. The molecular weight excluding hydrogens is 532 g/mol. The molecule has 1 fully saturated rings. The van der Waals surface area contributed by atoms with Crippen LogP contribution >= 0.6 is 0 Å². The summed E-state index contributed by atoms with van der Waals surface area (Å²) in [5.41, 5.74) is 1.60. The van der Waals surface area contributed by atoms with E-state index >= 15 is 0 Å². The van der Waals surface area contributed by atoms with Gasteiger partial charge in [-0.15, -0.1) is 0 Å². The van der Waals surface area contributed by atoms with Gasteiger partial charge in [0.15, 0.2) is 11.5 Å². The van der Waals surface area contributed by atoms with Crippen LogP contribution in [0.3, 0.4) is 0 Å². The summed E-state index contributed by atoms with van der Waals surface area (Å²) in [5, 5.41) is 11.7. The molecule has 12 nitrogen and oxygen atoms in total. The number of aromatic amines is 1. The van der Waals surface area contributed by atoms with Gasteiger partial charge in [-0.3, -0.25) is 9.59 Å². The van der Waals surface area contributed by atoms with E-state index in [0.29, 0.717) is 47.0 Å². The third-order valence-electron chi connectivity index (χ3n) is 7.07. The van der Waals surface area contributed by atoms with E-state index in [1.54, 1.807) is 45.4 Å².